The topological polar surface area (TPSA) is 41.1 Å². The maximum Gasteiger partial charge on any atom is 0.233 e. The van der Waals surface area contributed by atoms with Crippen molar-refractivity contribution in [3.63, 3.8) is 0 Å². The summed E-state index contributed by atoms with van der Waals surface area (Å²) in [5.41, 5.74) is 2.56. The van der Waals surface area contributed by atoms with Crippen LogP contribution in [0.4, 0.5) is 0 Å². The second-order valence-electron chi connectivity index (χ2n) is 5.73. The largest absolute Gasteiger partial charge is 0.355 e. The standard InChI is InChI=1S/C17H28N2O/c1-5-15-6-8-16(9-7-15)14(4)19-12-17(20)18-11-10-13(2)3/h6-9,13-14,19H,5,10-12H2,1-4H3,(H,18,20). The molecule has 3 nitrogen and oxygen atoms in total. The van der Waals surface area contributed by atoms with Gasteiger partial charge in [0.2, 0.25) is 5.91 Å². The van der Waals surface area contributed by atoms with E-state index in [0.29, 0.717) is 12.5 Å². The Kier molecular flexibility index (Phi) is 7.31. The van der Waals surface area contributed by atoms with Gasteiger partial charge >= 0.3 is 0 Å². The fraction of sp³-hybridized carbons (Fsp3) is 0.588. The summed E-state index contributed by atoms with van der Waals surface area (Å²) in [6.07, 6.45) is 2.08. The zero-order valence-electron chi connectivity index (χ0n) is 13.2. The Morgan fingerprint density at radius 1 is 1.15 bits per heavy atom. The van der Waals surface area contributed by atoms with E-state index >= 15 is 0 Å². The predicted molar refractivity (Wildman–Crippen MR) is 84.7 cm³/mol. The maximum atomic E-state index is 11.7. The lowest BCUT2D eigenvalue weighted by Gasteiger charge is -2.15. The molecule has 0 saturated carbocycles. The number of carbonyl (C=O) groups is 1. The number of amides is 1. The minimum atomic E-state index is 0.0719. The fourth-order valence-corrected chi connectivity index (χ4v) is 1.97. The van der Waals surface area contributed by atoms with Gasteiger partial charge in [-0.05, 0) is 36.8 Å². The van der Waals surface area contributed by atoms with Gasteiger partial charge in [-0.15, -0.1) is 0 Å². The minimum absolute atomic E-state index is 0.0719. The van der Waals surface area contributed by atoms with Crippen molar-refractivity contribution in [2.45, 2.75) is 46.6 Å². The van der Waals surface area contributed by atoms with Gasteiger partial charge in [-0.2, -0.15) is 0 Å². The molecule has 0 aliphatic carbocycles. The molecular formula is C17H28N2O. The van der Waals surface area contributed by atoms with Crippen molar-refractivity contribution in [2.24, 2.45) is 5.92 Å². The molecule has 112 valence electrons. The molecule has 0 saturated heterocycles. The Morgan fingerprint density at radius 3 is 2.35 bits per heavy atom. The van der Waals surface area contributed by atoms with E-state index in [-0.39, 0.29) is 11.9 Å². The first-order chi connectivity index (χ1) is 9.52. The van der Waals surface area contributed by atoms with E-state index in [2.05, 4.69) is 62.6 Å². The van der Waals surface area contributed by atoms with Crippen molar-refractivity contribution in [1.82, 2.24) is 10.6 Å². The van der Waals surface area contributed by atoms with Crippen LogP contribution in [-0.4, -0.2) is 19.0 Å². The van der Waals surface area contributed by atoms with Gasteiger partial charge in [0.1, 0.15) is 0 Å². The summed E-state index contributed by atoms with van der Waals surface area (Å²) in [7, 11) is 0. The van der Waals surface area contributed by atoms with Crippen molar-refractivity contribution < 1.29 is 4.79 Å². The average Bonchev–Trinajstić information content (AvgIpc) is 2.44. The third-order valence-corrected chi connectivity index (χ3v) is 3.50. The summed E-state index contributed by atoms with van der Waals surface area (Å²) in [6, 6.07) is 8.75. The molecule has 1 atom stereocenters. The Hall–Kier alpha value is -1.35. The smallest absolute Gasteiger partial charge is 0.233 e. The molecule has 0 heterocycles. The van der Waals surface area contributed by atoms with Gasteiger partial charge in [-0.1, -0.05) is 45.0 Å². The highest BCUT2D eigenvalue weighted by atomic mass is 16.1. The third kappa shape index (κ3) is 6.20. The second-order valence-corrected chi connectivity index (χ2v) is 5.73. The number of hydrogen-bond acceptors (Lipinski definition) is 2. The maximum absolute atomic E-state index is 11.7. The molecule has 1 aromatic carbocycles. The number of carbonyl (C=O) groups excluding carboxylic acids is 1. The molecule has 1 unspecified atom stereocenters. The fourth-order valence-electron chi connectivity index (χ4n) is 1.97. The van der Waals surface area contributed by atoms with E-state index in [0.717, 1.165) is 19.4 Å². The van der Waals surface area contributed by atoms with E-state index < -0.39 is 0 Å². The quantitative estimate of drug-likeness (QED) is 0.766. The Bertz CT molecular complexity index is 398. The molecule has 1 amide bonds. The molecule has 0 spiro atoms. The highest BCUT2D eigenvalue weighted by Crippen LogP contribution is 2.13. The van der Waals surface area contributed by atoms with Gasteiger partial charge in [-0.25, -0.2) is 0 Å². The molecule has 3 heteroatoms. The SMILES string of the molecule is CCc1ccc(C(C)NCC(=O)NCCC(C)C)cc1. The van der Waals surface area contributed by atoms with Crippen LogP contribution in [0.2, 0.25) is 0 Å². The molecule has 0 aliphatic heterocycles. The number of benzene rings is 1. The lowest BCUT2D eigenvalue weighted by atomic mass is 10.1. The van der Waals surface area contributed by atoms with Gasteiger partial charge in [0.15, 0.2) is 0 Å². The monoisotopic (exact) mass is 276 g/mol. The van der Waals surface area contributed by atoms with Gasteiger partial charge < -0.3 is 10.6 Å². The molecular weight excluding hydrogens is 248 g/mol. The number of aryl methyl sites for hydroxylation is 1. The van der Waals surface area contributed by atoms with Gasteiger partial charge in [0, 0.05) is 12.6 Å². The molecule has 0 aliphatic rings. The van der Waals surface area contributed by atoms with Crippen LogP contribution in [0.5, 0.6) is 0 Å². The van der Waals surface area contributed by atoms with Gasteiger partial charge in [-0.3, -0.25) is 4.79 Å². The van der Waals surface area contributed by atoms with E-state index in [1.54, 1.807) is 0 Å². The lowest BCUT2D eigenvalue weighted by molar-refractivity contribution is -0.120. The molecule has 1 rings (SSSR count). The predicted octanol–water partition coefficient (Wildman–Crippen LogP) is 3.06. The summed E-state index contributed by atoms with van der Waals surface area (Å²) < 4.78 is 0. The van der Waals surface area contributed by atoms with E-state index in [9.17, 15) is 4.79 Å². The van der Waals surface area contributed by atoms with Crippen LogP contribution in [0.25, 0.3) is 0 Å². The van der Waals surface area contributed by atoms with Crippen LogP contribution >= 0.6 is 0 Å². The van der Waals surface area contributed by atoms with Gasteiger partial charge in [0.25, 0.3) is 0 Å². The molecule has 2 N–H and O–H groups in total. The lowest BCUT2D eigenvalue weighted by Crippen LogP contribution is -2.35. The van der Waals surface area contributed by atoms with Crippen LogP contribution in [0, 0.1) is 5.92 Å². The van der Waals surface area contributed by atoms with Crippen LogP contribution < -0.4 is 10.6 Å². The summed E-state index contributed by atoms with van der Waals surface area (Å²) >= 11 is 0. The third-order valence-electron chi connectivity index (χ3n) is 3.50. The number of hydrogen-bond donors (Lipinski definition) is 2. The minimum Gasteiger partial charge on any atom is -0.355 e. The zero-order chi connectivity index (χ0) is 15.0. The van der Waals surface area contributed by atoms with E-state index in [4.69, 9.17) is 0 Å². The molecule has 20 heavy (non-hydrogen) atoms. The van der Waals surface area contributed by atoms with Crippen molar-refractivity contribution in [2.75, 3.05) is 13.1 Å². The Balaban J connectivity index is 2.31. The summed E-state index contributed by atoms with van der Waals surface area (Å²) in [4.78, 5) is 11.7. The van der Waals surface area contributed by atoms with Crippen molar-refractivity contribution in [1.29, 1.82) is 0 Å². The average molecular weight is 276 g/mol. The first kappa shape index (κ1) is 16.7. The molecule has 0 aromatic heterocycles. The van der Waals surface area contributed by atoms with Crippen LogP contribution in [-0.2, 0) is 11.2 Å². The molecule has 0 fully saturated rings. The van der Waals surface area contributed by atoms with Crippen molar-refractivity contribution in [3.05, 3.63) is 35.4 Å². The number of nitrogens with one attached hydrogen (secondary N) is 2. The highest BCUT2D eigenvalue weighted by molar-refractivity contribution is 5.77. The van der Waals surface area contributed by atoms with Gasteiger partial charge in [0.05, 0.1) is 6.54 Å². The van der Waals surface area contributed by atoms with Crippen LogP contribution in [0.3, 0.4) is 0 Å². The van der Waals surface area contributed by atoms with Crippen molar-refractivity contribution >= 4 is 5.91 Å². The van der Waals surface area contributed by atoms with Crippen LogP contribution in [0.1, 0.15) is 51.3 Å². The molecule has 0 radical (unpaired) electrons. The molecule has 0 bridgehead atoms. The van der Waals surface area contributed by atoms with E-state index in [1.807, 2.05) is 0 Å². The number of rotatable bonds is 8. The summed E-state index contributed by atoms with van der Waals surface area (Å²) in [5.74, 6) is 0.696. The first-order valence-electron chi connectivity index (χ1n) is 7.61. The zero-order valence-corrected chi connectivity index (χ0v) is 13.2. The Labute approximate surface area is 123 Å². The normalized spacial score (nSPS) is 12.4. The Morgan fingerprint density at radius 2 is 1.80 bits per heavy atom. The summed E-state index contributed by atoms with van der Waals surface area (Å²) in [6.45, 7) is 9.69. The highest BCUT2D eigenvalue weighted by Gasteiger charge is 2.07. The van der Waals surface area contributed by atoms with E-state index in [1.165, 1.54) is 11.1 Å². The molecule has 1 aromatic rings. The van der Waals surface area contributed by atoms with Crippen molar-refractivity contribution in [3.8, 4) is 0 Å². The second kappa shape index (κ2) is 8.75. The first-order valence-corrected chi connectivity index (χ1v) is 7.61. The summed E-state index contributed by atoms with van der Waals surface area (Å²) in [5, 5.41) is 6.20. The van der Waals surface area contributed by atoms with Crippen LogP contribution in [0.15, 0.2) is 24.3 Å².